The van der Waals surface area contributed by atoms with Crippen LogP contribution in [0.4, 0.5) is 0 Å². The molecule has 3 N–H and O–H groups in total. The first-order valence-electron chi connectivity index (χ1n) is 5.67. The van der Waals surface area contributed by atoms with Crippen molar-refractivity contribution in [2.45, 2.75) is 31.6 Å². The van der Waals surface area contributed by atoms with Gasteiger partial charge in [0, 0.05) is 0 Å². The highest BCUT2D eigenvalue weighted by molar-refractivity contribution is 7.90. The molecule has 0 aliphatic carbocycles. The lowest BCUT2D eigenvalue weighted by Crippen LogP contribution is -2.47. The van der Waals surface area contributed by atoms with Gasteiger partial charge in [-0.3, -0.25) is 4.79 Å². The van der Waals surface area contributed by atoms with Crippen LogP contribution in [-0.4, -0.2) is 25.6 Å². The predicted octanol–water partition coefficient (Wildman–Crippen LogP) is 0.411. The minimum Gasteiger partial charge on any atom is -0.368 e. The largest absolute Gasteiger partial charge is 0.368 e. The van der Waals surface area contributed by atoms with E-state index in [0.717, 1.165) is 5.56 Å². The fourth-order valence-corrected chi connectivity index (χ4v) is 2.25. The molecule has 0 aromatic heterocycles. The first kappa shape index (κ1) is 14.7. The van der Waals surface area contributed by atoms with E-state index in [9.17, 15) is 13.2 Å². The molecule has 6 heteroatoms. The zero-order valence-electron chi connectivity index (χ0n) is 10.5. The molecule has 18 heavy (non-hydrogen) atoms. The van der Waals surface area contributed by atoms with Crippen LogP contribution < -0.4 is 10.5 Å². The number of carbonyl (C=O) groups excluding carboxylic acids is 1. The van der Waals surface area contributed by atoms with Crippen molar-refractivity contribution < 1.29 is 13.2 Å². The van der Waals surface area contributed by atoms with Crippen LogP contribution in [0.3, 0.4) is 0 Å². The summed E-state index contributed by atoms with van der Waals surface area (Å²) in [4.78, 5) is 11.3. The number of sulfonamides is 1. The Morgan fingerprint density at radius 3 is 2.28 bits per heavy atom. The Kier molecular flexibility index (Phi) is 4.86. The molecule has 0 aliphatic rings. The number of hydrogen-bond donors (Lipinski definition) is 2. The molecule has 0 saturated carbocycles. The molecule has 1 rings (SSSR count). The number of amides is 1. The molecular weight excluding hydrogens is 252 g/mol. The highest BCUT2D eigenvalue weighted by Crippen LogP contribution is 2.06. The summed E-state index contributed by atoms with van der Waals surface area (Å²) in [5.41, 5.74) is 6.08. The van der Waals surface area contributed by atoms with E-state index < -0.39 is 27.2 Å². The van der Waals surface area contributed by atoms with Gasteiger partial charge in [-0.15, -0.1) is 0 Å². The van der Waals surface area contributed by atoms with Crippen molar-refractivity contribution in [2.75, 3.05) is 0 Å². The number of nitrogens with two attached hydrogens (primary N) is 1. The van der Waals surface area contributed by atoms with E-state index in [1.54, 1.807) is 13.8 Å². The normalized spacial score (nSPS) is 13.5. The minimum absolute atomic E-state index is 0.252. The van der Waals surface area contributed by atoms with E-state index >= 15 is 0 Å². The highest BCUT2D eigenvalue weighted by Gasteiger charge is 2.24. The lowest BCUT2D eigenvalue weighted by atomic mass is 10.1. The molecule has 1 aromatic carbocycles. The van der Waals surface area contributed by atoms with Crippen molar-refractivity contribution >= 4 is 15.9 Å². The number of benzene rings is 1. The van der Waals surface area contributed by atoms with Crippen molar-refractivity contribution in [2.24, 2.45) is 5.73 Å². The van der Waals surface area contributed by atoms with Crippen LogP contribution in [0, 0.1) is 0 Å². The van der Waals surface area contributed by atoms with Gasteiger partial charge in [0.2, 0.25) is 15.9 Å². The second kappa shape index (κ2) is 5.97. The van der Waals surface area contributed by atoms with Crippen LogP contribution in [0.5, 0.6) is 0 Å². The van der Waals surface area contributed by atoms with Gasteiger partial charge in [-0.2, -0.15) is 0 Å². The van der Waals surface area contributed by atoms with E-state index in [0.29, 0.717) is 0 Å². The first-order chi connectivity index (χ1) is 8.33. The third kappa shape index (κ3) is 4.12. The molecule has 0 fully saturated rings. The summed E-state index contributed by atoms with van der Waals surface area (Å²) >= 11 is 0. The molecule has 5 nitrogen and oxygen atoms in total. The smallest absolute Gasteiger partial charge is 0.235 e. The van der Waals surface area contributed by atoms with Gasteiger partial charge in [-0.1, -0.05) is 30.3 Å². The number of primary amides is 1. The van der Waals surface area contributed by atoms with E-state index in [2.05, 4.69) is 4.72 Å². The molecular formula is C12H18N2O3S. The van der Waals surface area contributed by atoms with Crippen molar-refractivity contribution in [1.82, 2.24) is 4.72 Å². The van der Waals surface area contributed by atoms with Gasteiger partial charge in [-0.25, -0.2) is 13.1 Å². The second-order valence-electron chi connectivity index (χ2n) is 4.36. The summed E-state index contributed by atoms with van der Waals surface area (Å²) in [6, 6.07) is 8.22. The molecule has 0 heterocycles. The van der Waals surface area contributed by atoms with Gasteiger partial charge in [-0.05, 0) is 25.8 Å². The van der Waals surface area contributed by atoms with Crippen LogP contribution in [0.2, 0.25) is 0 Å². The number of rotatable bonds is 6. The van der Waals surface area contributed by atoms with Gasteiger partial charge in [0.1, 0.15) is 6.04 Å². The number of hydrogen-bond acceptors (Lipinski definition) is 3. The monoisotopic (exact) mass is 270 g/mol. The van der Waals surface area contributed by atoms with Gasteiger partial charge in [0.05, 0.1) is 5.25 Å². The SMILES string of the molecule is CC(C)S(=O)(=O)N[C@H](Cc1ccccc1)C(N)=O. The van der Waals surface area contributed by atoms with Gasteiger partial charge in [0.15, 0.2) is 0 Å². The Morgan fingerprint density at radius 2 is 1.83 bits per heavy atom. The van der Waals surface area contributed by atoms with Crippen LogP contribution in [0.25, 0.3) is 0 Å². The van der Waals surface area contributed by atoms with E-state index in [1.807, 2.05) is 30.3 Å². The molecule has 0 bridgehead atoms. The lowest BCUT2D eigenvalue weighted by Gasteiger charge is -2.17. The summed E-state index contributed by atoms with van der Waals surface area (Å²) in [5, 5.41) is -0.602. The third-order valence-corrected chi connectivity index (χ3v) is 4.41. The summed E-state index contributed by atoms with van der Waals surface area (Å²) in [6.07, 6.45) is 0.252. The maximum Gasteiger partial charge on any atom is 0.235 e. The molecule has 0 unspecified atom stereocenters. The maximum atomic E-state index is 11.7. The van der Waals surface area contributed by atoms with Crippen molar-refractivity contribution in [3.63, 3.8) is 0 Å². The standard InChI is InChI=1S/C12H18N2O3S/c1-9(2)18(16,17)14-11(12(13)15)8-10-6-4-3-5-7-10/h3-7,9,11,14H,8H2,1-2H3,(H2,13,15)/t11-/m1/s1. The van der Waals surface area contributed by atoms with Gasteiger partial charge < -0.3 is 5.73 Å². The fourth-order valence-electron chi connectivity index (χ4n) is 1.38. The van der Waals surface area contributed by atoms with E-state index in [-0.39, 0.29) is 6.42 Å². The Hall–Kier alpha value is -1.40. The molecule has 0 aliphatic heterocycles. The average molecular weight is 270 g/mol. The lowest BCUT2D eigenvalue weighted by molar-refractivity contribution is -0.119. The van der Waals surface area contributed by atoms with E-state index in [4.69, 9.17) is 5.73 Å². The van der Waals surface area contributed by atoms with Gasteiger partial charge >= 0.3 is 0 Å². The molecule has 1 atom stereocenters. The summed E-state index contributed by atoms with van der Waals surface area (Å²) in [5.74, 6) is -0.678. The predicted molar refractivity (Wildman–Crippen MR) is 70.3 cm³/mol. The first-order valence-corrected chi connectivity index (χ1v) is 7.22. The Balaban J connectivity index is 2.83. The topological polar surface area (TPSA) is 89.3 Å². The summed E-state index contributed by atoms with van der Waals surface area (Å²) in [6.45, 7) is 3.09. The van der Waals surface area contributed by atoms with Crippen LogP contribution >= 0.6 is 0 Å². The summed E-state index contributed by atoms with van der Waals surface area (Å²) in [7, 11) is -3.51. The molecule has 100 valence electrons. The number of carbonyl (C=O) groups is 1. The zero-order chi connectivity index (χ0) is 13.8. The van der Waals surface area contributed by atoms with E-state index in [1.165, 1.54) is 0 Å². The quantitative estimate of drug-likeness (QED) is 0.784. The van der Waals surface area contributed by atoms with Crippen LogP contribution in [0.15, 0.2) is 30.3 Å². The Bertz CT molecular complexity index is 497. The highest BCUT2D eigenvalue weighted by atomic mass is 32.2. The average Bonchev–Trinajstić information content (AvgIpc) is 2.29. The van der Waals surface area contributed by atoms with Crippen LogP contribution in [-0.2, 0) is 21.2 Å². The molecule has 0 spiro atoms. The molecule has 1 amide bonds. The minimum atomic E-state index is -3.51. The van der Waals surface area contributed by atoms with Crippen molar-refractivity contribution in [3.8, 4) is 0 Å². The number of nitrogens with one attached hydrogen (secondary N) is 1. The maximum absolute atomic E-state index is 11.7. The van der Waals surface area contributed by atoms with Crippen molar-refractivity contribution in [3.05, 3.63) is 35.9 Å². The fraction of sp³-hybridized carbons (Fsp3) is 0.417. The molecule has 0 saturated heterocycles. The zero-order valence-corrected chi connectivity index (χ0v) is 11.3. The second-order valence-corrected chi connectivity index (χ2v) is 6.62. The van der Waals surface area contributed by atoms with Gasteiger partial charge in [0.25, 0.3) is 0 Å². The van der Waals surface area contributed by atoms with Crippen molar-refractivity contribution in [1.29, 1.82) is 0 Å². The molecule has 0 radical (unpaired) electrons. The van der Waals surface area contributed by atoms with Crippen LogP contribution in [0.1, 0.15) is 19.4 Å². The summed E-state index contributed by atoms with van der Waals surface area (Å²) < 4.78 is 25.8. The molecule has 1 aromatic rings. The Morgan fingerprint density at radius 1 is 1.28 bits per heavy atom. The third-order valence-electron chi connectivity index (χ3n) is 2.55. The Labute approximate surface area is 107 Å².